The number of nitrogens with zero attached hydrogens (tertiary/aromatic N) is 6. The quantitative estimate of drug-likeness (QED) is 0.394. The van der Waals surface area contributed by atoms with E-state index in [1.165, 1.54) is 6.07 Å². The van der Waals surface area contributed by atoms with Crippen LogP contribution in [0.25, 0.3) is 28.0 Å². The number of aromatic nitrogens is 3. The normalized spacial score (nSPS) is 14.1. The van der Waals surface area contributed by atoms with Crippen LogP contribution < -0.4 is 10.2 Å². The molecule has 0 atom stereocenters. The van der Waals surface area contributed by atoms with Crippen LogP contribution in [-0.2, 0) is 6.54 Å². The first kappa shape index (κ1) is 25.2. The number of halogens is 1. The van der Waals surface area contributed by atoms with Gasteiger partial charge in [-0.15, -0.1) is 0 Å². The van der Waals surface area contributed by atoms with E-state index < -0.39 is 11.9 Å². The summed E-state index contributed by atoms with van der Waals surface area (Å²) in [4.78, 5) is 25.2. The fourth-order valence-corrected chi connectivity index (χ4v) is 4.97. The molecule has 0 spiro atoms. The summed E-state index contributed by atoms with van der Waals surface area (Å²) in [6, 6.07) is 14.5. The highest BCUT2D eigenvalue weighted by Gasteiger charge is 2.26. The molecule has 4 aromatic rings. The van der Waals surface area contributed by atoms with Gasteiger partial charge < -0.3 is 20.2 Å². The van der Waals surface area contributed by atoms with Crippen LogP contribution in [0.2, 0.25) is 0 Å². The van der Waals surface area contributed by atoms with Crippen molar-refractivity contribution in [1.82, 2.24) is 24.6 Å². The Balaban J connectivity index is 1.65. The number of carboxylic acid groups (broad SMARTS) is 1. The summed E-state index contributed by atoms with van der Waals surface area (Å²) < 4.78 is 17.0. The highest BCUT2D eigenvalue weighted by Crippen LogP contribution is 2.37. The number of nitrogens with one attached hydrogen (secondary N) is 1. The van der Waals surface area contributed by atoms with Crippen molar-refractivity contribution in [2.24, 2.45) is 0 Å². The van der Waals surface area contributed by atoms with Gasteiger partial charge in [-0.3, -0.25) is 4.40 Å². The van der Waals surface area contributed by atoms with E-state index in [2.05, 4.69) is 40.3 Å². The Bertz CT molecular complexity index is 1520. The third-order valence-electron chi connectivity index (χ3n) is 7.07. The van der Waals surface area contributed by atoms with Gasteiger partial charge in [0.1, 0.15) is 11.5 Å². The Morgan fingerprint density at radius 1 is 1.18 bits per heavy atom. The second-order valence-electron chi connectivity index (χ2n) is 9.59. The van der Waals surface area contributed by atoms with Gasteiger partial charge in [0, 0.05) is 49.2 Å². The van der Waals surface area contributed by atoms with E-state index in [-0.39, 0.29) is 12.1 Å². The van der Waals surface area contributed by atoms with Crippen molar-refractivity contribution in [1.29, 1.82) is 5.26 Å². The topological polar surface area (TPSA) is 110 Å². The maximum absolute atomic E-state index is 15.1. The molecule has 38 heavy (non-hydrogen) atoms. The van der Waals surface area contributed by atoms with Gasteiger partial charge in [-0.2, -0.15) is 5.26 Å². The molecule has 0 radical (unpaired) electrons. The van der Waals surface area contributed by atoms with E-state index in [0.29, 0.717) is 34.1 Å². The second kappa shape index (κ2) is 10.5. The fourth-order valence-electron chi connectivity index (χ4n) is 4.97. The molecule has 1 fully saturated rings. The van der Waals surface area contributed by atoms with Crippen molar-refractivity contribution >= 4 is 17.7 Å². The summed E-state index contributed by atoms with van der Waals surface area (Å²) in [7, 11) is 4.21. The Morgan fingerprint density at radius 2 is 1.89 bits per heavy atom. The molecule has 0 bridgehead atoms. The third-order valence-corrected chi connectivity index (χ3v) is 7.07. The summed E-state index contributed by atoms with van der Waals surface area (Å²) in [6.07, 6.45) is 4.38. The number of hydrogen-bond acceptors (Lipinski definition) is 6. The van der Waals surface area contributed by atoms with Crippen LogP contribution in [0.15, 0.2) is 54.9 Å². The number of fused-ring (bicyclic) bond motifs is 1. The van der Waals surface area contributed by atoms with Crippen molar-refractivity contribution in [3.05, 3.63) is 71.8 Å². The van der Waals surface area contributed by atoms with Crippen molar-refractivity contribution in [2.75, 3.05) is 32.1 Å². The molecular weight excluding hydrogens is 485 g/mol. The Hall–Kier alpha value is -4.49. The van der Waals surface area contributed by atoms with Crippen molar-refractivity contribution in [2.45, 2.75) is 25.4 Å². The van der Waals surface area contributed by atoms with Gasteiger partial charge in [-0.1, -0.05) is 24.3 Å². The van der Waals surface area contributed by atoms with Gasteiger partial charge >= 0.3 is 6.09 Å². The summed E-state index contributed by atoms with van der Waals surface area (Å²) in [6.45, 7) is 1.55. The summed E-state index contributed by atoms with van der Waals surface area (Å²) in [5.74, 6) is 0.238. The van der Waals surface area contributed by atoms with Crippen molar-refractivity contribution < 1.29 is 14.3 Å². The van der Waals surface area contributed by atoms with Crippen LogP contribution in [0, 0.1) is 17.1 Å². The summed E-state index contributed by atoms with van der Waals surface area (Å²) in [5, 5.41) is 20.4. The predicted octanol–water partition coefficient (Wildman–Crippen LogP) is 4.37. The fraction of sp³-hybridized carbons (Fsp3) is 0.286. The molecule has 5 rings (SSSR count). The van der Waals surface area contributed by atoms with Crippen LogP contribution in [0.1, 0.15) is 24.0 Å². The van der Waals surface area contributed by atoms with Crippen molar-refractivity contribution in [3.8, 4) is 28.5 Å². The van der Waals surface area contributed by atoms with Crippen LogP contribution in [0.4, 0.5) is 15.1 Å². The lowest BCUT2D eigenvalue weighted by atomic mass is 9.98. The highest BCUT2D eigenvalue weighted by molar-refractivity contribution is 5.91. The van der Waals surface area contributed by atoms with Gasteiger partial charge in [0.15, 0.2) is 0 Å². The first-order valence-corrected chi connectivity index (χ1v) is 12.4. The minimum Gasteiger partial charge on any atom is -0.465 e. The average molecular weight is 514 g/mol. The number of anilines is 1. The standard InChI is InChI=1S/C28H28FN7O2/c1-34(2)22-9-12-35(13-10-22)27-33-25(19-5-3-18(16-30)4-6-19)24(26-31-11-14-36(26)27)20-7-8-21(23(29)15-20)17-32-28(37)38/h3-8,11,14-15,22,32H,9-10,12-13,17H2,1-2H3,(H,37,38). The summed E-state index contributed by atoms with van der Waals surface area (Å²) >= 11 is 0. The van der Waals surface area contributed by atoms with E-state index in [1.54, 1.807) is 30.5 Å². The largest absolute Gasteiger partial charge is 0.465 e. The SMILES string of the molecule is CN(C)C1CCN(c2nc(-c3ccc(C#N)cc3)c(-c3ccc(CNC(=O)O)c(F)c3)c3nccn23)CC1. The number of amides is 1. The van der Waals surface area contributed by atoms with E-state index in [4.69, 9.17) is 10.1 Å². The molecule has 2 aromatic heterocycles. The number of hydrogen-bond donors (Lipinski definition) is 2. The highest BCUT2D eigenvalue weighted by atomic mass is 19.1. The van der Waals surface area contributed by atoms with E-state index in [0.717, 1.165) is 37.4 Å². The van der Waals surface area contributed by atoms with Gasteiger partial charge in [-0.05, 0) is 50.7 Å². The minimum absolute atomic E-state index is 0.136. The maximum atomic E-state index is 15.1. The molecule has 2 aromatic carbocycles. The van der Waals surface area contributed by atoms with Crippen LogP contribution >= 0.6 is 0 Å². The first-order chi connectivity index (χ1) is 18.4. The second-order valence-corrected chi connectivity index (χ2v) is 9.59. The van der Waals surface area contributed by atoms with Gasteiger partial charge in [-0.25, -0.2) is 19.2 Å². The molecule has 3 heterocycles. The Kier molecular flexibility index (Phi) is 6.94. The van der Waals surface area contributed by atoms with Gasteiger partial charge in [0.2, 0.25) is 5.95 Å². The molecule has 1 saturated heterocycles. The number of carbonyl (C=O) groups is 1. The van der Waals surface area contributed by atoms with Crippen molar-refractivity contribution in [3.63, 3.8) is 0 Å². The zero-order valence-electron chi connectivity index (χ0n) is 21.2. The maximum Gasteiger partial charge on any atom is 0.404 e. The van der Waals surface area contributed by atoms with Crippen LogP contribution in [0.5, 0.6) is 0 Å². The molecule has 194 valence electrons. The van der Waals surface area contributed by atoms with E-state index in [9.17, 15) is 10.1 Å². The van der Waals surface area contributed by atoms with Crippen LogP contribution in [0.3, 0.4) is 0 Å². The monoisotopic (exact) mass is 513 g/mol. The molecular formula is C28H28FN7O2. The molecule has 9 nitrogen and oxygen atoms in total. The predicted molar refractivity (Wildman–Crippen MR) is 142 cm³/mol. The van der Waals surface area contributed by atoms with Gasteiger partial charge in [0.25, 0.3) is 0 Å². The Labute approximate surface area is 219 Å². The molecule has 2 N–H and O–H groups in total. The lowest BCUT2D eigenvalue weighted by Gasteiger charge is -2.36. The Morgan fingerprint density at radius 3 is 2.53 bits per heavy atom. The number of piperidine rings is 1. The zero-order valence-corrected chi connectivity index (χ0v) is 21.2. The lowest BCUT2D eigenvalue weighted by molar-refractivity contribution is 0.194. The molecule has 1 aliphatic rings. The molecule has 1 amide bonds. The minimum atomic E-state index is -1.22. The van der Waals surface area contributed by atoms with Gasteiger partial charge in [0.05, 0.1) is 22.9 Å². The number of rotatable bonds is 6. The lowest BCUT2D eigenvalue weighted by Crippen LogP contribution is -2.43. The molecule has 0 aliphatic carbocycles. The molecule has 0 saturated carbocycles. The molecule has 1 aliphatic heterocycles. The third kappa shape index (κ3) is 4.88. The first-order valence-electron chi connectivity index (χ1n) is 12.4. The molecule has 10 heteroatoms. The smallest absolute Gasteiger partial charge is 0.404 e. The number of imidazole rings is 1. The zero-order chi connectivity index (χ0) is 26.8. The molecule has 0 unspecified atom stereocenters. The number of nitriles is 1. The van der Waals surface area contributed by atoms with E-state index in [1.807, 2.05) is 22.7 Å². The van der Waals surface area contributed by atoms with Crippen LogP contribution in [-0.4, -0.2) is 63.7 Å². The number of benzene rings is 2. The average Bonchev–Trinajstić information content (AvgIpc) is 3.41. The summed E-state index contributed by atoms with van der Waals surface area (Å²) in [5.41, 5.74) is 4.05. The van der Waals surface area contributed by atoms with E-state index >= 15 is 4.39 Å².